The van der Waals surface area contributed by atoms with Gasteiger partial charge in [0.2, 0.25) is 11.3 Å². The number of rotatable bonds is 4. The van der Waals surface area contributed by atoms with E-state index in [1.165, 1.54) is 6.07 Å². The van der Waals surface area contributed by atoms with Gasteiger partial charge in [-0.1, -0.05) is 0 Å². The summed E-state index contributed by atoms with van der Waals surface area (Å²) >= 11 is 0. The third-order valence-corrected chi connectivity index (χ3v) is 5.77. The molecule has 1 aromatic rings. The molecule has 2 bridgehead atoms. The Morgan fingerprint density at radius 2 is 2.17 bits per heavy atom. The summed E-state index contributed by atoms with van der Waals surface area (Å²) < 4.78 is 0. The molecule has 0 aromatic carbocycles. The van der Waals surface area contributed by atoms with Crippen molar-refractivity contribution in [3.8, 4) is 0 Å². The number of aromatic amines is 1. The molecule has 0 unspecified atom stereocenters. The second kappa shape index (κ2) is 5.43. The van der Waals surface area contributed by atoms with E-state index in [0.29, 0.717) is 25.3 Å². The van der Waals surface area contributed by atoms with Gasteiger partial charge < -0.3 is 10.2 Å². The Labute approximate surface area is 139 Å². The lowest BCUT2D eigenvalue weighted by Crippen LogP contribution is -2.60. The maximum Gasteiger partial charge on any atom is 0.278 e. The lowest BCUT2D eigenvalue weighted by molar-refractivity contribution is -0.165. The van der Waals surface area contributed by atoms with Crippen LogP contribution in [0, 0.1) is 24.2 Å². The van der Waals surface area contributed by atoms with Crippen molar-refractivity contribution < 1.29 is 9.59 Å². The van der Waals surface area contributed by atoms with Crippen molar-refractivity contribution >= 4 is 11.8 Å². The molecule has 1 aliphatic heterocycles. The average Bonchev–Trinajstić information content (AvgIpc) is 2.90. The molecule has 4 aliphatic rings. The number of hydrogen-bond donors (Lipinski definition) is 2. The first kappa shape index (κ1) is 15.4. The molecule has 0 radical (unpaired) electrons. The summed E-state index contributed by atoms with van der Waals surface area (Å²) in [6.45, 7) is 3.49. The monoisotopic (exact) mass is 330 g/mol. The molecule has 1 atom stereocenters. The maximum absolute atomic E-state index is 12.4. The van der Waals surface area contributed by atoms with E-state index in [2.05, 4.69) is 15.5 Å². The predicted molar refractivity (Wildman–Crippen MR) is 86.4 cm³/mol. The van der Waals surface area contributed by atoms with Crippen LogP contribution in [0.3, 0.4) is 0 Å². The highest BCUT2D eigenvalue weighted by molar-refractivity contribution is 5.92. The molecule has 2 amide bonds. The molecule has 4 fully saturated rings. The van der Waals surface area contributed by atoms with Gasteiger partial charge in [-0.2, -0.15) is 5.10 Å². The van der Waals surface area contributed by atoms with Crippen molar-refractivity contribution in [1.29, 1.82) is 0 Å². The zero-order valence-corrected chi connectivity index (χ0v) is 13.8. The third-order valence-electron chi connectivity index (χ3n) is 5.77. The molecule has 3 saturated carbocycles. The second-order valence-corrected chi connectivity index (χ2v) is 7.64. The van der Waals surface area contributed by atoms with Crippen LogP contribution in [-0.4, -0.2) is 46.5 Å². The van der Waals surface area contributed by atoms with Crippen LogP contribution in [0.25, 0.3) is 0 Å². The van der Waals surface area contributed by atoms with Crippen LogP contribution in [-0.2, 0) is 4.79 Å². The topological polar surface area (TPSA) is 95.2 Å². The average molecular weight is 330 g/mol. The zero-order chi connectivity index (χ0) is 16.9. The minimum absolute atomic E-state index is 0.0563. The highest BCUT2D eigenvalue weighted by Crippen LogP contribution is 2.64. The van der Waals surface area contributed by atoms with Gasteiger partial charge in [0, 0.05) is 36.8 Å². The van der Waals surface area contributed by atoms with Crippen LogP contribution in [0.2, 0.25) is 0 Å². The summed E-state index contributed by atoms with van der Waals surface area (Å²) in [5, 5.41) is 9.62. The number of likely N-dealkylation sites (tertiary alicyclic amines) is 1. The number of H-pyrrole nitrogens is 1. The van der Waals surface area contributed by atoms with Crippen molar-refractivity contribution in [1.82, 2.24) is 20.4 Å². The Morgan fingerprint density at radius 3 is 2.79 bits per heavy atom. The van der Waals surface area contributed by atoms with Crippen LogP contribution in [0.15, 0.2) is 10.9 Å². The standard InChI is InChI=1S/C17H22N4O3/c1-10-4-13(22)14(20-19-10)15(23)21-3-2-11(9-21)8-18-16(24)17-5-12(6-17)7-17/h4,11-12H,2-3,5-9H2,1H3,(H,18,24)(H,19,22)/t11-,12?,17?/m1/s1. The van der Waals surface area contributed by atoms with Gasteiger partial charge in [-0.3, -0.25) is 19.5 Å². The highest BCUT2D eigenvalue weighted by atomic mass is 16.2. The second-order valence-electron chi connectivity index (χ2n) is 7.64. The fourth-order valence-electron chi connectivity index (χ4n) is 4.16. The lowest BCUT2D eigenvalue weighted by atomic mass is 9.44. The predicted octanol–water partition coefficient (Wildman–Crippen LogP) is 0.457. The number of amides is 2. The Bertz CT molecular complexity index is 739. The Kier molecular flexibility index (Phi) is 3.47. The van der Waals surface area contributed by atoms with E-state index < -0.39 is 0 Å². The summed E-state index contributed by atoms with van der Waals surface area (Å²) in [7, 11) is 0. The summed E-state index contributed by atoms with van der Waals surface area (Å²) in [5.74, 6) is 0.890. The molecule has 1 saturated heterocycles. The molecule has 0 spiro atoms. The first-order valence-electron chi connectivity index (χ1n) is 8.61. The van der Waals surface area contributed by atoms with Crippen molar-refractivity contribution in [2.45, 2.75) is 32.6 Å². The van der Waals surface area contributed by atoms with E-state index in [-0.39, 0.29) is 34.3 Å². The van der Waals surface area contributed by atoms with Gasteiger partial charge in [0.1, 0.15) is 0 Å². The molecule has 7 nitrogen and oxygen atoms in total. The fraction of sp³-hybridized carbons (Fsp3) is 0.647. The first-order chi connectivity index (χ1) is 11.5. The smallest absolute Gasteiger partial charge is 0.278 e. The van der Waals surface area contributed by atoms with Gasteiger partial charge in [-0.15, -0.1) is 0 Å². The molecule has 128 valence electrons. The molecule has 7 heteroatoms. The molecule has 3 aliphatic carbocycles. The maximum atomic E-state index is 12.4. The van der Waals surface area contributed by atoms with Gasteiger partial charge in [-0.25, -0.2) is 0 Å². The van der Waals surface area contributed by atoms with Crippen LogP contribution in [0.1, 0.15) is 41.9 Å². The normalized spacial score (nSPS) is 30.5. The van der Waals surface area contributed by atoms with E-state index in [1.807, 2.05) is 0 Å². The summed E-state index contributed by atoms with van der Waals surface area (Å²) in [5.41, 5.74) is 0.167. The number of carbonyl (C=O) groups is 2. The molecule has 24 heavy (non-hydrogen) atoms. The molecular weight excluding hydrogens is 308 g/mol. The number of nitrogens with one attached hydrogen (secondary N) is 2. The molecule has 1 aromatic heterocycles. The van der Waals surface area contributed by atoms with E-state index in [0.717, 1.165) is 31.6 Å². The lowest BCUT2D eigenvalue weighted by Gasteiger charge is -2.60. The van der Waals surface area contributed by atoms with Gasteiger partial charge >= 0.3 is 0 Å². The number of aryl methyl sites for hydroxylation is 1. The number of nitrogens with zero attached hydrogens (tertiary/aromatic N) is 2. The third kappa shape index (κ3) is 2.42. The quantitative estimate of drug-likeness (QED) is 0.838. The van der Waals surface area contributed by atoms with Gasteiger partial charge in [0.25, 0.3) is 5.91 Å². The molecular formula is C17H22N4O3. The van der Waals surface area contributed by atoms with Crippen LogP contribution < -0.4 is 10.7 Å². The minimum Gasteiger partial charge on any atom is -0.355 e. The summed E-state index contributed by atoms with van der Waals surface area (Å²) in [6, 6.07) is 1.39. The van der Waals surface area contributed by atoms with Crippen molar-refractivity contribution in [2.24, 2.45) is 17.3 Å². The van der Waals surface area contributed by atoms with E-state index >= 15 is 0 Å². The van der Waals surface area contributed by atoms with E-state index in [1.54, 1.807) is 11.8 Å². The number of aromatic nitrogens is 2. The zero-order valence-electron chi connectivity index (χ0n) is 13.8. The van der Waals surface area contributed by atoms with Crippen LogP contribution in [0.5, 0.6) is 0 Å². The summed E-state index contributed by atoms with van der Waals surface area (Å²) in [4.78, 5) is 38.2. The van der Waals surface area contributed by atoms with Crippen LogP contribution >= 0.6 is 0 Å². The first-order valence-corrected chi connectivity index (χ1v) is 8.61. The van der Waals surface area contributed by atoms with Gasteiger partial charge in [0.05, 0.1) is 0 Å². The highest BCUT2D eigenvalue weighted by Gasteiger charge is 2.61. The molecule has 2 N–H and O–H groups in total. The van der Waals surface area contributed by atoms with Crippen molar-refractivity contribution in [3.63, 3.8) is 0 Å². The van der Waals surface area contributed by atoms with E-state index in [9.17, 15) is 14.4 Å². The number of hydrogen-bond acceptors (Lipinski definition) is 4. The van der Waals surface area contributed by atoms with Gasteiger partial charge in [0.15, 0.2) is 5.69 Å². The van der Waals surface area contributed by atoms with Crippen molar-refractivity contribution in [2.75, 3.05) is 19.6 Å². The minimum atomic E-state index is -0.350. The summed E-state index contributed by atoms with van der Waals surface area (Å²) in [6.07, 6.45) is 3.99. The fourth-order valence-corrected chi connectivity index (χ4v) is 4.16. The van der Waals surface area contributed by atoms with Crippen molar-refractivity contribution in [3.05, 3.63) is 27.7 Å². The Morgan fingerprint density at radius 1 is 1.42 bits per heavy atom. The van der Waals surface area contributed by atoms with Crippen LogP contribution in [0.4, 0.5) is 0 Å². The van der Waals surface area contributed by atoms with Gasteiger partial charge in [-0.05, 0) is 44.4 Å². The largest absolute Gasteiger partial charge is 0.355 e. The Balaban J connectivity index is 1.31. The molecule has 2 heterocycles. The van der Waals surface area contributed by atoms with E-state index in [4.69, 9.17) is 0 Å². The number of carbonyl (C=O) groups excluding carboxylic acids is 2. The SMILES string of the molecule is Cc1cc(=O)c(C(=O)N2CC[C@H](CNC(=O)C34CC(C3)C4)C2)n[nH]1. The Hall–Kier alpha value is -2.18. The molecule has 5 rings (SSSR count).